The number of non-ortho nitro benzene ring substituents is 1. The second-order valence-corrected chi connectivity index (χ2v) is 5.48. The van der Waals surface area contributed by atoms with E-state index in [1.165, 1.54) is 24.3 Å². The molecule has 122 valence electrons. The molecule has 0 aliphatic rings. The molecule has 6 nitrogen and oxygen atoms in total. The molecule has 0 bridgehead atoms. The summed E-state index contributed by atoms with van der Waals surface area (Å²) in [6.07, 6.45) is 2.70. The van der Waals surface area contributed by atoms with E-state index in [0.717, 1.165) is 0 Å². The van der Waals surface area contributed by atoms with E-state index in [4.69, 9.17) is 23.8 Å². The average molecular weight is 362 g/mol. The van der Waals surface area contributed by atoms with Crippen molar-refractivity contribution in [2.45, 2.75) is 0 Å². The van der Waals surface area contributed by atoms with Gasteiger partial charge in [-0.05, 0) is 42.1 Å². The number of rotatable bonds is 4. The Bertz CT molecular complexity index is 824. The standard InChI is InChI=1S/C16H12ClN3O3S/c17-12-4-2-5-13(10-12)18-16(24)19-15(21)8-7-11-3-1-6-14(9-11)20(22)23/h1-10H,(H2,18,19,21,24)/b8-7+. The molecule has 0 heterocycles. The van der Waals surface area contributed by atoms with Crippen LogP contribution in [0.3, 0.4) is 0 Å². The minimum atomic E-state index is -0.499. The molecule has 2 rings (SSSR count). The zero-order valence-corrected chi connectivity index (χ0v) is 13.8. The number of nitrogens with zero attached hydrogens (tertiary/aromatic N) is 1. The number of nitro groups is 1. The summed E-state index contributed by atoms with van der Waals surface area (Å²) < 4.78 is 0. The van der Waals surface area contributed by atoms with Crippen molar-refractivity contribution in [3.05, 3.63) is 75.3 Å². The number of nitrogens with one attached hydrogen (secondary N) is 2. The lowest BCUT2D eigenvalue weighted by atomic mass is 10.2. The Labute approximate surface area is 148 Å². The van der Waals surface area contributed by atoms with Gasteiger partial charge in [0.15, 0.2) is 5.11 Å². The first-order valence-corrected chi connectivity index (χ1v) is 7.53. The number of nitro benzene ring substituents is 1. The van der Waals surface area contributed by atoms with E-state index in [1.807, 2.05) is 0 Å². The van der Waals surface area contributed by atoms with E-state index < -0.39 is 10.8 Å². The SMILES string of the molecule is O=C(/C=C/c1cccc([N+](=O)[O-])c1)NC(=S)Nc1cccc(Cl)c1. The van der Waals surface area contributed by atoms with Crippen LogP contribution in [-0.2, 0) is 4.79 Å². The van der Waals surface area contributed by atoms with Crippen molar-refractivity contribution in [3.8, 4) is 0 Å². The number of carbonyl (C=O) groups excluding carboxylic acids is 1. The first-order valence-electron chi connectivity index (χ1n) is 6.74. The maximum atomic E-state index is 11.8. The van der Waals surface area contributed by atoms with Crippen molar-refractivity contribution in [1.82, 2.24) is 5.32 Å². The quantitative estimate of drug-likeness (QED) is 0.375. The van der Waals surface area contributed by atoms with Gasteiger partial charge in [0.1, 0.15) is 0 Å². The summed E-state index contributed by atoms with van der Waals surface area (Å²) in [7, 11) is 0. The van der Waals surface area contributed by atoms with Crippen molar-refractivity contribution >= 4 is 52.3 Å². The summed E-state index contributed by atoms with van der Waals surface area (Å²) in [5, 5.41) is 16.7. The number of hydrogen-bond donors (Lipinski definition) is 2. The van der Waals surface area contributed by atoms with Crippen LogP contribution in [0.4, 0.5) is 11.4 Å². The van der Waals surface area contributed by atoms with Gasteiger partial charge in [0, 0.05) is 28.9 Å². The molecule has 0 fully saturated rings. The molecule has 8 heteroatoms. The number of anilines is 1. The Kier molecular flexibility index (Phi) is 6.00. The number of carbonyl (C=O) groups is 1. The summed E-state index contributed by atoms with van der Waals surface area (Å²) in [6, 6.07) is 12.8. The van der Waals surface area contributed by atoms with E-state index in [-0.39, 0.29) is 10.8 Å². The summed E-state index contributed by atoms with van der Waals surface area (Å²) in [5.74, 6) is -0.457. The lowest BCUT2D eigenvalue weighted by molar-refractivity contribution is -0.384. The Morgan fingerprint density at radius 3 is 2.67 bits per heavy atom. The molecule has 0 spiro atoms. The highest BCUT2D eigenvalue weighted by Crippen LogP contribution is 2.15. The highest BCUT2D eigenvalue weighted by atomic mass is 35.5. The van der Waals surface area contributed by atoms with Crippen LogP contribution < -0.4 is 10.6 Å². The maximum absolute atomic E-state index is 11.8. The van der Waals surface area contributed by atoms with Crippen LogP contribution in [0.25, 0.3) is 6.08 Å². The van der Waals surface area contributed by atoms with Crippen molar-refractivity contribution in [3.63, 3.8) is 0 Å². The highest BCUT2D eigenvalue weighted by Gasteiger charge is 2.05. The van der Waals surface area contributed by atoms with Crippen LogP contribution in [0.2, 0.25) is 5.02 Å². The van der Waals surface area contributed by atoms with Gasteiger partial charge in [-0.2, -0.15) is 0 Å². The van der Waals surface area contributed by atoms with Gasteiger partial charge in [0.05, 0.1) is 4.92 Å². The van der Waals surface area contributed by atoms with Crippen molar-refractivity contribution in [2.75, 3.05) is 5.32 Å². The average Bonchev–Trinajstić information content (AvgIpc) is 2.53. The largest absolute Gasteiger partial charge is 0.332 e. The van der Waals surface area contributed by atoms with Gasteiger partial charge in [-0.25, -0.2) is 0 Å². The Balaban J connectivity index is 1.93. The van der Waals surface area contributed by atoms with E-state index in [0.29, 0.717) is 16.3 Å². The van der Waals surface area contributed by atoms with E-state index in [2.05, 4.69) is 10.6 Å². The van der Waals surface area contributed by atoms with Gasteiger partial charge in [-0.15, -0.1) is 0 Å². The van der Waals surface area contributed by atoms with Crippen LogP contribution in [-0.4, -0.2) is 15.9 Å². The number of benzene rings is 2. The number of thiocarbonyl (C=S) groups is 1. The van der Waals surface area contributed by atoms with Crippen LogP contribution >= 0.6 is 23.8 Å². The lowest BCUT2D eigenvalue weighted by Crippen LogP contribution is -2.32. The predicted molar refractivity (Wildman–Crippen MR) is 97.9 cm³/mol. The Morgan fingerprint density at radius 1 is 1.21 bits per heavy atom. The summed E-state index contributed by atoms with van der Waals surface area (Å²) >= 11 is 10.9. The van der Waals surface area contributed by atoms with Crippen molar-refractivity contribution < 1.29 is 9.72 Å². The van der Waals surface area contributed by atoms with Gasteiger partial charge in [0.25, 0.3) is 5.69 Å². The molecule has 0 aliphatic heterocycles. The molecule has 0 atom stereocenters. The second-order valence-electron chi connectivity index (χ2n) is 4.64. The van der Waals surface area contributed by atoms with Crippen molar-refractivity contribution in [1.29, 1.82) is 0 Å². The van der Waals surface area contributed by atoms with Crippen molar-refractivity contribution in [2.24, 2.45) is 0 Å². The molecule has 0 saturated carbocycles. The molecule has 0 radical (unpaired) electrons. The molecule has 0 unspecified atom stereocenters. The van der Waals surface area contributed by atoms with Gasteiger partial charge >= 0.3 is 0 Å². The van der Waals surface area contributed by atoms with E-state index in [9.17, 15) is 14.9 Å². The van der Waals surface area contributed by atoms with Crippen LogP contribution in [0, 0.1) is 10.1 Å². The molecule has 2 N–H and O–H groups in total. The third-order valence-corrected chi connectivity index (χ3v) is 3.27. The summed E-state index contributed by atoms with van der Waals surface area (Å²) in [5.41, 5.74) is 1.14. The smallest absolute Gasteiger partial charge is 0.270 e. The molecule has 24 heavy (non-hydrogen) atoms. The third-order valence-electron chi connectivity index (χ3n) is 2.83. The third kappa shape index (κ3) is 5.45. The molecular formula is C16H12ClN3O3S. The zero-order chi connectivity index (χ0) is 17.5. The summed E-state index contributed by atoms with van der Waals surface area (Å²) in [4.78, 5) is 22.0. The number of amides is 1. The van der Waals surface area contributed by atoms with Crippen LogP contribution in [0.15, 0.2) is 54.6 Å². The normalized spacial score (nSPS) is 10.4. The molecule has 0 saturated heterocycles. The lowest BCUT2D eigenvalue weighted by Gasteiger charge is -2.08. The minimum Gasteiger partial charge on any atom is -0.332 e. The van der Waals surface area contributed by atoms with Gasteiger partial charge in [0.2, 0.25) is 5.91 Å². The van der Waals surface area contributed by atoms with Crippen LogP contribution in [0.1, 0.15) is 5.56 Å². The predicted octanol–water partition coefficient (Wildman–Crippen LogP) is 3.77. The number of hydrogen-bond acceptors (Lipinski definition) is 4. The molecule has 0 aliphatic carbocycles. The first-order chi connectivity index (χ1) is 11.4. The van der Waals surface area contributed by atoms with Gasteiger partial charge in [-0.3, -0.25) is 20.2 Å². The van der Waals surface area contributed by atoms with Gasteiger partial charge in [-0.1, -0.05) is 29.8 Å². The Hall–Kier alpha value is -2.77. The fourth-order valence-electron chi connectivity index (χ4n) is 1.80. The van der Waals surface area contributed by atoms with E-state index >= 15 is 0 Å². The van der Waals surface area contributed by atoms with Crippen LogP contribution in [0.5, 0.6) is 0 Å². The molecule has 2 aromatic rings. The molecule has 2 aromatic carbocycles. The zero-order valence-electron chi connectivity index (χ0n) is 12.2. The van der Waals surface area contributed by atoms with Gasteiger partial charge < -0.3 is 5.32 Å². The first kappa shape index (κ1) is 17.6. The fraction of sp³-hybridized carbons (Fsp3) is 0. The second kappa shape index (κ2) is 8.19. The fourth-order valence-corrected chi connectivity index (χ4v) is 2.20. The highest BCUT2D eigenvalue weighted by molar-refractivity contribution is 7.80. The molecular weight excluding hydrogens is 350 g/mol. The Morgan fingerprint density at radius 2 is 1.96 bits per heavy atom. The summed E-state index contributed by atoms with van der Waals surface area (Å²) in [6.45, 7) is 0. The minimum absolute atomic E-state index is 0.0456. The molecule has 1 amide bonds. The monoisotopic (exact) mass is 361 g/mol. The topological polar surface area (TPSA) is 84.3 Å². The van der Waals surface area contributed by atoms with E-state index in [1.54, 1.807) is 36.4 Å². The number of halogens is 1. The molecule has 0 aromatic heterocycles. The maximum Gasteiger partial charge on any atom is 0.270 e.